The highest BCUT2D eigenvalue weighted by atomic mass is 19.1. The fourth-order valence-corrected chi connectivity index (χ4v) is 2.51. The molecule has 0 saturated carbocycles. The van der Waals surface area contributed by atoms with Crippen LogP contribution in [0.1, 0.15) is 6.42 Å². The number of hydrogen-bond acceptors (Lipinski definition) is 3. The first-order chi connectivity index (χ1) is 8.06. The van der Waals surface area contributed by atoms with Crippen molar-refractivity contribution in [1.82, 2.24) is 4.90 Å². The van der Waals surface area contributed by atoms with Crippen molar-refractivity contribution in [1.29, 1.82) is 0 Å². The van der Waals surface area contributed by atoms with Crippen molar-refractivity contribution in [3.63, 3.8) is 0 Å². The highest BCUT2D eigenvalue weighted by Gasteiger charge is 2.21. The minimum absolute atomic E-state index is 0.232. The topological polar surface area (TPSA) is 32.5 Å². The lowest BCUT2D eigenvalue weighted by Gasteiger charge is -2.24. The summed E-state index contributed by atoms with van der Waals surface area (Å²) in [5.74, 6) is 0.414. The highest BCUT2D eigenvalue weighted by Crippen LogP contribution is 2.25. The number of nitrogen functional groups attached to an aromatic ring is 1. The van der Waals surface area contributed by atoms with E-state index in [0.29, 0.717) is 11.6 Å². The molecule has 2 rings (SSSR count). The number of nitrogens with two attached hydrogens (primary N) is 1. The van der Waals surface area contributed by atoms with E-state index in [-0.39, 0.29) is 5.82 Å². The standard InChI is InChI=1S/C13H20FN3/c1-16-6-5-10(8-16)9-17(2)13-7-11(14)3-4-12(13)15/h3-4,7,10H,5-6,8-9,15H2,1-2H3. The van der Waals surface area contributed by atoms with E-state index in [1.807, 2.05) is 7.05 Å². The molecule has 0 aliphatic carbocycles. The van der Waals surface area contributed by atoms with E-state index < -0.39 is 0 Å². The van der Waals surface area contributed by atoms with E-state index in [4.69, 9.17) is 5.73 Å². The zero-order valence-electron chi connectivity index (χ0n) is 10.5. The van der Waals surface area contributed by atoms with Gasteiger partial charge in [-0.1, -0.05) is 0 Å². The monoisotopic (exact) mass is 237 g/mol. The summed E-state index contributed by atoms with van der Waals surface area (Å²) in [6, 6.07) is 4.53. The van der Waals surface area contributed by atoms with Crippen LogP contribution in [-0.4, -0.2) is 38.6 Å². The molecule has 1 unspecified atom stereocenters. The lowest BCUT2D eigenvalue weighted by molar-refractivity contribution is 0.396. The molecule has 94 valence electrons. The number of likely N-dealkylation sites (tertiary alicyclic amines) is 1. The van der Waals surface area contributed by atoms with E-state index in [1.165, 1.54) is 18.6 Å². The molecule has 1 heterocycles. The van der Waals surface area contributed by atoms with Crippen molar-refractivity contribution in [2.24, 2.45) is 5.92 Å². The predicted octanol–water partition coefficient (Wildman–Crippen LogP) is 1.80. The fourth-order valence-electron chi connectivity index (χ4n) is 2.51. The SMILES string of the molecule is CN1CCC(CN(C)c2cc(F)ccc2N)C1. The summed E-state index contributed by atoms with van der Waals surface area (Å²) < 4.78 is 13.2. The molecule has 1 aromatic carbocycles. The number of halogens is 1. The zero-order chi connectivity index (χ0) is 12.4. The Bertz CT molecular complexity index is 394. The smallest absolute Gasteiger partial charge is 0.125 e. The van der Waals surface area contributed by atoms with Gasteiger partial charge in [-0.15, -0.1) is 0 Å². The van der Waals surface area contributed by atoms with E-state index in [9.17, 15) is 4.39 Å². The molecule has 2 N–H and O–H groups in total. The number of benzene rings is 1. The van der Waals surface area contributed by atoms with Crippen LogP contribution < -0.4 is 10.6 Å². The van der Waals surface area contributed by atoms with Crippen LogP contribution in [0.2, 0.25) is 0 Å². The maximum Gasteiger partial charge on any atom is 0.125 e. The Labute approximate surface area is 102 Å². The number of hydrogen-bond donors (Lipinski definition) is 1. The van der Waals surface area contributed by atoms with Crippen LogP contribution in [0.25, 0.3) is 0 Å². The molecule has 1 aliphatic heterocycles. The normalized spacial score (nSPS) is 20.8. The molecule has 3 nitrogen and oxygen atoms in total. The van der Waals surface area contributed by atoms with Crippen molar-refractivity contribution in [2.75, 3.05) is 44.4 Å². The average molecular weight is 237 g/mol. The van der Waals surface area contributed by atoms with Gasteiger partial charge in [0.1, 0.15) is 5.82 Å². The first-order valence-corrected chi connectivity index (χ1v) is 6.01. The van der Waals surface area contributed by atoms with Crippen molar-refractivity contribution < 1.29 is 4.39 Å². The Morgan fingerprint density at radius 1 is 1.53 bits per heavy atom. The zero-order valence-corrected chi connectivity index (χ0v) is 10.5. The molecule has 0 bridgehead atoms. The molecule has 0 aromatic heterocycles. The van der Waals surface area contributed by atoms with Crippen molar-refractivity contribution in [3.05, 3.63) is 24.0 Å². The second-order valence-electron chi connectivity index (χ2n) is 5.00. The van der Waals surface area contributed by atoms with Crippen molar-refractivity contribution >= 4 is 11.4 Å². The van der Waals surface area contributed by atoms with Gasteiger partial charge in [0, 0.05) is 20.1 Å². The van der Waals surface area contributed by atoms with Gasteiger partial charge in [-0.25, -0.2) is 4.39 Å². The van der Waals surface area contributed by atoms with Gasteiger partial charge in [0.05, 0.1) is 11.4 Å². The molecule has 1 atom stereocenters. The molecule has 0 radical (unpaired) electrons. The van der Waals surface area contributed by atoms with Gasteiger partial charge in [0.2, 0.25) is 0 Å². The summed E-state index contributed by atoms with van der Waals surface area (Å²) in [4.78, 5) is 4.38. The van der Waals surface area contributed by atoms with Gasteiger partial charge in [-0.2, -0.15) is 0 Å². The summed E-state index contributed by atoms with van der Waals surface area (Å²) in [6.07, 6.45) is 1.20. The molecule has 1 aliphatic rings. The lowest BCUT2D eigenvalue weighted by Crippen LogP contribution is -2.27. The Hall–Kier alpha value is -1.29. The second kappa shape index (κ2) is 4.92. The summed E-state index contributed by atoms with van der Waals surface area (Å²) >= 11 is 0. The van der Waals surface area contributed by atoms with Gasteiger partial charge in [0.15, 0.2) is 0 Å². The molecular weight excluding hydrogens is 217 g/mol. The maximum atomic E-state index is 13.2. The van der Waals surface area contributed by atoms with E-state index in [2.05, 4.69) is 16.8 Å². The minimum atomic E-state index is -0.232. The van der Waals surface area contributed by atoms with Crippen LogP contribution in [0.5, 0.6) is 0 Å². The average Bonchev–Trinajstić information content (AvgIpc) is 2.67. The van der Waals surface area contributed by atoms with E-state index in [0.717, 1.165) is 25.3 Å². The van der Waals surface area contributed by atoms with Gasteiger partial charge >= 0.3 is 0 Å². The third-order valence-electron chi connectivity index (χ3n) is 3.42. The molecule has 1 fully saturated rings. The molecule has 0 spiro atoms. The molecule has 4 heteroatoms. The van der Waals surface area contributed by atoms with E-state index >= 15 is 0 Å². The second-order valence-corrected chi connectivity index (χ2v) is 5.00. The van der Waals surface area contributed by atoms with Gasteiger partial charge < -0.3 is 15.5 Å². The first kappa shape index (κ1) is 12.2. The quantitative estimate of drug-likeness (QED) is 0.814. The largest absolute Gasteiger partial charge is 0.397 e. The molecule has 1 saturated heterocycles. The molecule has 1 aromatic rings. The Balaban J connectivity index is 2.04. The molecule has 0 amide bonds. The van der Waals surface area contributed by atoms with Crippen LogP contribution in [0.15, 0.2) is 18.2 Å². The lowest BCUT2D eigenvalue weighted by atomic mass is 10.1. The number of nitrogens with zero attached hydrogens (tertiary/aromatic N) is 2. The van der Waals surface area contributed by atoms with Crippen LogP contribution in [-0.2, 0) is 0 Å². The van der Waals surface area contributed by atoms with Crippen LogP contribution >= 0.6 is 0 Å². The Morgan fingerprint density at radius 2 is 2.29 bits per heavy atom. The number of anilines is 2. The summed E-state index contributed by atoms with van der Waals surface area (Å²) in [5, 5.41) is 0. The Morgan fingerprint density at radius 3 is 2.94 bits per heavy atom. The van der Waals surface area contributed by atoms with Crippen LogP contribution in [0.3, 0.4) is 0 Å². The highest BCUT2D eigenvalue weighted by molar-refractivity contribution is 5.67. The summed E-state index contributed by atoms with van der Waals surface area (Å²) in [6.45, 7) is 3.19. The van der Waals surface area contributed by atoms with Crippen LogP contribution in [0, 0.1) is 11.7 Å². The minimum Gasteiger partial charge on any atom is -0.397 e. The number of rotatable bonds is 3. The van der Waals surface area contributed by atoms with Crippen molar-refractivity contribution in [3.8, 4) is 0 Å². The predicted molar refractivity (Wildman–Crippen MR) is 69.7 cm³/mol. The van der Waals surface area contributed by atoms with Gasteiger partial charge in [-0.3, -0.25) is 0 Å². The van der Waals surface area contributed by atoms with Gasteiger partial charge in [-0.05, 0) is 44.1 Å². The van der Waals surface area contributed by atoms with Crippen LogP contribution in [0.4, 0.5) is 15.8 Å². The maximum absolute atomic E-state index is 13.2. The molecule has 17 heavy (non-hydrogen) atoms. The third kappa shape index (κ3) is 2.88. The first-order valence-electron chi connectivity index (χ1n) is 6.01. The fraction of sp³-hybridized carbons (Fsp3) is 0.538. The summed E-state index contributed by atoms with van der Waals surface area (Å²) in [5.41, 5.74) is 7.30. The third-order valence-corrected chi connectivity index (χ3v) is 3.42. The molecular formula is C13H20FN3. The Kier molecular flexibility index (Phi) is 3.52. The summed E-state index contributed by atoms with van der Waals surface area (Å²) in [7, 11) is 4.11. The van der Waals surface area contributed by atoms with Crippen molar-refractivity contribution in [2.45, 2.75) is 6.42 Å². The van der Waals surface area contributed by atoms with E-state index in [1.54, 1.807) is 6.07 Å². The van der Waals surface area contributed by atoms with Gasteiger partial charge in [0.25, 0.3) is 0 Å².